The van der Waals surface area contributed by atoms with Gasteiger partial charge in [-0.05, 0) is 29.2 Å². The Labute approximate surface area is 149 Å². The van der Waals surface area contributed by atoms with E-state index in [1.165, 1.54) is 16.3 Å². The van der Waals surface area contributed by atoms with Crippen LogP contribution < -0.4 is 5.73 Å². The summed E-state index contributed by atoms with van der Waals surface area (Å²) >= 11 is 0. The fourth-order valence-electron chi connectivity index (χ4n) is 3.50. The first-order valence-electron chi connectivity index (χ1n) is 8.24. The van der Waals surface area contributed by atoms with Gasteiger partial charge in [-0.1, -0.05) is 42.5 Å². The maximum Gasteiger partial charge on any atom is 0.225 e. The fourth-order valence-corrected chi connectivity index (χ4v) is 3.50. The number of hydrogen-bond acceptors (Lipinski definition) is 3. The van der Waals surface area contributed by atoms with Crippen LogP contribution in [0.5, 0.6) is 0 Å². The van der Waals surface area contributed by atoms with E-state index in [-0.39, 0.29) is 30.5 Å². The molecule has 1 aliphatic rings. The van der Waals surface area contributed by atoms with Crippen LogP contribution in [0, 0.1) is 0 Å². The smallest absolute Gasteiger partial charge is 0.225 e. The van der Waals surface area contributed by atoms with Crippen LogP contribution in [0.1, 0.15) is 30.9 Å². The standard InChI is InChI=1S/C19H24N2O2.ClH/c1-23-15(13-20)12-19(22)21-11-5-10-18(21)17-9-4-7-14-6-2-3-8-16(14)17;/h2-4,6-9,15,18H,5,10-13,20H2,1H3;1H. The van der Waals surface area contributed by atoms with Crippen molar-refractivity contribution in [3.8, 4) is 0 Å². The molecule has 2 aromatic rings. The molecule has 3 rings (SSSR count). The number of hydrogen-bond donors (Lipinski definition) is 1. The minimum Gasteiger partial charge on any atom is -0.380 e. The van der Waals surface area contributed by atoms with Crippen LogP contribution in [0.3, 0.4) is 0 Å². The monoisotopic (exact) mass is 348 g/mol. The number of methoxy groups -OCH3 is 1. The SMILES string of the molecule is COC(CN)CC(=O)N1CCCC1c1cccc2ccccc12.Cl. The second-order valence-electron chi connectivity index (χ2n) is 6.11. The van der Waals surface area contributed by atoms with E-state index in [2.05, 4.69) is 36.4 Å². The third kappa shape index (κ3) is 3.72. The fraction of sp³-hybridized carbons (Fsp3) is 0.421. The van der Waals surface area contributed by atoms with Crippen molar-refractivity contribution < 1.29 is 9.53 Å². The van der Waals surface area contributed by atoms with Crippen molar-refractivity contribution in [1.29, 1.82) is 0 Å². The van der Waals surface area contributed by atoms with E-state index in [1.807, 2.05) is 11.0 Å². The lowest BCUT2D eigenvalue weighted by Gasteiger charge is -2.27. The molecule has 2 aromatic carbocycles. The molecular formula is C19H25ClN2O2. The number of ether oxygens (including phenoxy) is 1. The molecule has 130 valence electrons. The highest BCUT2D eigenvalue weighted by Crippen LogP contribution is 2.36. The van der Waals surface area contributed by atoms with Crippen molar-refractivity contribution in [2.45, 2.75) is 31.4 Å². The number of likely N-dealkylation sites (tertiary alicyclic amines) is 1. The van der Waals surface area contributed by atoms with Gasteiger partial charge in [-0.3, -0.25) is 4.79 Å². The number of carbonyl (C=O) groups is 1. The van der Waals surface area contributed by atoms with Crippen molar-refractivity contribution in [3.05, 3.63) is 48.0 Å². The number of nitrogens with two attached hydrogens (primary N) is 1. The number of nitrogens with zero attached hydrogens (tertiary/aromatic N) is 1. The van der Waals surface area contributed by atoms with Crippen molar-refractivity contribution >= 4 is 29.1 Å². The lowest BCUT2D eigenvalue weighted by molar-refractivity contribution is -0.134. The molecule has 0 saturated carbocycles. The minimum atomic E-state index is -0.198. The molecular weight excluding hydrogens is 324 g/mol. The van der Waals surface area contributed by atoms with Gasteiger partial charge in [0, 0.05) is 20.2 Å². The molecule has 1 fully saturated rings. The van der Waals surface area contributed by atoms with E-state index in [1.54, 1.807) is 7.11 Å². The molecule has 0 radical (unpaired) electrons. The summed E-state index contributed by atoms with van der Waals surface area (Å²) in [4.78, 5) is 14.7. The molecule has 0 bridgehead atoms. The molecule has 2 N–H and O–H groups in total. The lowest BCUT2D eigenvalue weighted by atomic mass is 9.97. The Hall–Kier alpha value is -1.62. The summed E-state index contributed by atoms with van der Waals surface area (Å²) in [5.74, 6) is 0.137. The molecule has 4 nitrogen and oxygen atoms in total. The van der Waals surface area contributed by atoms with Crippen molar-refractivity contribution in [2.24, 2.45) is 5.73 Å². The third-order valence-corrected chi connectivity index (χ3v) is 4.75. The van der Waals surface area contributed by atoms with Gasteiger partial charge in [-0.15, -0.1) is 12.4 Å². The molecule has 0 aliphatic carbocycles. The van der Waals surface area contributed by atoms with Crippen LogP contribution in [-0.2, 0) is 9.53 Å². The Morgan fingerprint density at radius 2 is 2.04 bits per heavy atom. The lowest BCUT2D eigenvalue weighted by Crippen LogP contribution is -2.35. The first-order chi connectivity index (χ1) is 11.2. The van der Waals surface area contributed by atoms with Crippen LogP contribution in [0.4, 0.5) is 0 Å². The van der Waals surface area contributed by atoms with Gasteiger partial charge in [0.05, 0.1) is 18.6 Å². The zero-order valence-electron chi connectivity index (χ0n) is 14.0. The second-order valence-corrected chi connectivity index (χ2v) is 6.11. The molecule has 1 aliphatic heterocycles. The molecule has 1 saturated heterocycles. The van der Waals surface area contributed by atoms with Crippen molar-refractivity contribution in [2.75, 3.05) is 20.2 Å². The van der Waals surface area contributed by atoms with E-state index < -0.39 is 0 Å². The first-order valence-corrected chi connectivity index (χ1v) is 8.24. The molecule has 2 atom stereocenters. The first kappa shape index (κ1) is 18.7. The maximum atomic E-state index is 12.7. The largest absolute Gasteiger partial charge is 0.380 e. The summed E-state index contributed by atoms with van der Waals surface area (Å²) in [6, 6.07) is 14.9. The van der Waals surface area contributed by atoms with E-state index in [0.717, 1.165) is 19.4 Å². The molecule has 24 heavy (non-hydrogen) atoms. The molecule has 5 heteroatoms. The van der Waals surface area contributed by atoms with Crippen LogP contribution in [0.25, 0.3) is 10.8 Å². The van der Waals surface area contributed by atoms with Gasteiger partial charge < -0.3 is 15.4 Å². The highest BCUT2D eigenvalue weighted by Gasteiger charge is 2.31. The van der Waals surface area contributed by atoms with Gasteiger partial charge in [0.1, 0.15) is 0 Å². The van der Waals surface area contributed by atoms with Gasteiger partial charge in [-0.25, -0.2) is 0 Å². The van der Waals surface area contributed by atoms with Gasteiger partial charge in [0.25, 0.3) is 0 Å². The number of benzene rings is 2. The van der Waals surface area contributed by atoms with E-state index >= 15 is 0 Å². The van der Waals surface area contributed by atoms with E-state index in [0.29, 0.717) is 13.0 Å². The summed E-state index contributed by atoms with van der Waals surface area (Å²) in [7, 11) is 1.61. The zero-order valence-corrected chi connectivity index (χ0v) is 14.8. The number of fused-ring (bicyclic) bond motifs is 1. The number of amides is 1. The second kappa shape index (κ2) is 8.47. The average Bonchev–Trinajstić information content (AvgIpc) is 3.08. The quantitative estimate of drug-likeness (QED) is 0.902. The van der Waals surface area contributed by atoms with Gasteiger partial charge in [-0.2, -0.15) is 0 Å². The normalized spacial score (nSPS) is 18.4. The predicted molar refractivity (Wildman–Crippen MR) is 99.4 cm³/mol. The summed E-state index contributed by atoms with van der Waals surface area (Å²) in [5, 5.41) is 2.46. The molecule has 0 aromatic heterocycles. The zero-order chi connectivity index (χ0) is 16.2. The van der Waals surface area contributed by atoms with Gasteiger partial charge in [0.2, 0.25) is 5.91 Å². The molecule has 1 heterocycles. The van der Waals surface area contributed by atoms with Crippen LogP contribution in [0.2, 0.25) is 0 Å². The Balaban J connectivity index is 0.00000208. The maximum absolute atomic E-state index is 12.7. The summed E-state index contributed by atoms with van der Waals surface area (Å²) < 4.78 is 5.27. The van der Waals surface area contributed by atoms with Crippen LogP contribution in [-0.4, -0.2) is 37.1 Å². The number of rotatable bonds is 5. The Kier molecular flexibility index (Phi) is 6.60. The summed E-state index contributed by atoms with van der Waals surface area (Å²) in [6.07, 6.45) is 2.21. The summed E-state index contributed by atoms with van der Waals surface area (Å²) in [5.41, 5.74) is 6.90. The summed E-state index contributed by atoms with van der Waals surface area (Å²) in [6.45, 7) is 1.18. The van der Waals surface area contributed by atoms with Gasteiger partial charge in [0.15, 0.2) is 0 Å². The predicted octanol–water partition coefficient (Wildman–Crippen LogP) is 3.29. The van der Waals surface area contributed by atoms with Crippen molar-refractivity contribution in [3.63, 3.8) is 0 Å². The molecule has 0 spiro atoms. The van der Waals surface area contributed by atoms with E-state index in [4.69, 9.17) is 10.5 Å². The van der Waals surface area contributed by atoms with Crippen LogP contribution in [0.15, 0.2) is 42.5 Å². The average molecular weight is 349 g/mol. The van der Waals surface area contributed by atoms with E-state index in [9.17, 15) is 4.79 Å². The van der Waals surface area contributed by atoms with Crippen molar-refractivity contribution in [1.82, 2.24) is 4.90 Å². The Morgan fingerprint density at radius 3 is 2.79 bits per heavy atom. The third-order valence-electron chi connectivity index (χ3n) is 4.75. The number of halogens is 1. The topological polar surface area (TPSA) is 55.6 Å². The number of carbonyl (C=O) groups excluding carboxylic acids is 1. The molecule has 2 unspecified atom stereocenters. The Bertz CT molecular complexity index is 683. The van der Waals surface area contributed by atoms with Gasteiger partial charge >= 0.3 is 0 Å². The highest BCUT2D eigenvalue weighted by atomic mass is 35.5. The van der Waals surface area contributed by atoms with Crippen LogP contribution >= 0.6 is 12.4 Å². The Morgan fingerprint density at radius 1 is 1.29 bits per heavy atom. The highest BCUT2D eigenvalue weighted by molar-refractivity contribution is 5.87. The molecule has 1 amide bonds. The minimum absolute atomic E-state index is 0.